The molecule has 4 heteroatoms. The first-order chi connectivity index (χ1) is 12.7. The molecule has 0 fully saturated rings. The second-order valence-corrected chi connectivity index (χ2v) is 6.26. The minimum atomic E-state index is 0.0290. The third kappa shape index (κ3) is 4.02. The summed E-state index contributed by atoms with van der Waals surface area (Å²) in [6.07, 6.45) is 4.01. The molecule has 26 heavy (non-hydrogen) atoms. The molecular formula is C22H25N3O. The van der Waals surface area contributed by atoms with Crippen LogP contribution in [0.25, 0.3) is 10.9 Å². The van der Waals surface area contributed by atoms with Crippen LogP contribution < -0.4 is 10.6 Å². The molecule has 0 spiro atoms. The van der Waals surface area contributed by atoms with Crippen LogP contribution in [-0.2, 0) is 17.6 Å². The number of carbonyl (C=O) groups is 1. The number of amides is 1. The molecule has 134 valence electrons. The quantitative estimate of drug-likeness (QED) is 0.645. The average Bonchev–Trinajstić information content (AvgIpc) is 2.68. The van der Waals surface area contributed by atoms with Crippen molar-refractivity contribution in [1.82, 2.24) is 4.98 Å². The van der Waals surface area contributed by atoms with Crippen molar-refractivity contribution in [1.29, 1.82) is 0 Å². The zero-order chi connectivity index (χ0) is 18.4. The Labute approximate surface area is 154 Å². The van der Waals surface area contributed by atoms with Crippen LogP contribution in [0.2, 0.25) is 0 Å². The number of anilines is 2. The predicted octanol–water partition coefficient (Wildman–Crippen LogP) is 4.80. The Bertz CT molecular complexity index is 877. The standard InChI is InChI=1S/C22H25N3O/c1-3-16-8-5-9-17(4-2)21(16)25-20(26)13-15-23-19-12-6-10-18-11-7-14-24-22(18)19/h5-12,14,23H,3-4,13,15H2,1-2H3,(H,25,26). The number of hydrogen-bond donors (Lipinski definition) is 2. The molecule has 0 unspecified atom stereocenters. The van der Waals surface area contributed by atoms with Crippen molar-refractivity contribution in [3.63, 3.8) is 0 Å². The summed E-state index contributed by atoms with van der Waals surface area (Å²) in [5.74, 6) is 0.0290. The van der Waals surface area contributed by atoms with Crippen LogP contribution >= 0.6 is 0 Å². The Morgan fingerprint density at radius 1 is 0.962 bits per heavy atom. The van der Waals surface area contributed by atoms with Gasteiger partial charge in [-0.1, -0.05) is 50.2 Å². The van der Waals surface area contributed by atoms with Crippen molar-refractivity contribution < 1.29 is 4.79 Å². The largest absolute Gasteiger partial charge is 0.383 e. The molecule has 0 saturated heterocycles. The van der Waals surface area contributed by atoms with Gasteiger partial charge >= 0.3 is 0 Å². The SMILES string of the molecule is CCc1cccc(CC)c1NC(=O)CCNc1cccc2cccnc12. The Balaban J connectivity index is 1.63. The van der Waals surface area contributed by atoms with Crippen LogP contribution in [0.1, 0.15) is 31.4 Å². The van der Waals surface area contributed by atoms with Crippen molar-refractivity contribution in [2.24, 2.45) is 0 Å². The molecule has 4 nitrogen and oxygen atoms in total. The molecule has 0 aliphatic heterocycles. The Kier molecular flexibility index (Phi) is 5.84. The molecule has 2 N–H and O–H groups in total. The fraction of sp³-hybridized carbons (Fsp3) is 0.273. The van der Waals surface area contributed by atoms with E-state index in [0.717, 1.165) is 35.1 Å². The number of aromatic nitrogens is 1. The summed E-state index contributed by atoms with van der Waals surface area (Å²) < 4.78 is 0. The maximum Gasteiger partial charge on any atom is 0.226 e. The molecule has 1 aromatic heterocycles. The van der Waals surface area contributed by atoms with E-state index in [1.54, 1.807) is 6.20 Å². The van der Waals surface area contributed by atoms with Gasteiger partial charge in [0.2, 0.25) is 5.91 Å². The third-order valence-corrected chi connectivity index (χ3v) is 4.56. The summed E-state index contributed by atoms with van der Waals surface area (Å²) in [7, 11) is 0. The molecule has 0 aliphatic carbocycles. The normalized spacial score (nSPS) is 10.7. The summed E-state index contributed by atoms with van der Waals surface area (Å²) in [4.78, 5) is 16.9. The summed E-state index contributed by atoms with van der Waals surface area (Å²) in [5.41, 5.74) is 5.24. The van der Waals surface area contributed by atoms with Crippen molar-refractivity contribution >= 4 is 28.2 Å². The van der Waals surface area contributed by atoms with Gasteiger partial charge in [0.25, 0.3) is 0 Å². The Hall–Kier alpha value is -2.88. The molecule has 2 aromatic carbocycles. The average molecular weight is 347 g/mol. The Morgan fingerprint density at radius 2 is 1.65 bits per heavy atom. The lowest BCUT2D eigenvalue weighted by Crippen LogP contribution is -2.18. The number of benzene rings is 2. The zero-order valence-electron chi connectivity index (χ0n) is 15.4. The van der Waals surface area contributed by atoms with Gasteiger partial charge in [0, 0.05) is 30.2 Å². The molecule has 0 bridgehead atoms. The number of carbonyl (C=O) groups excluding carboxylic acids is 1. The number of nitrogens with one attached hydrogen (secondary N) is 2. The van der Waals surface area contributed by atoms with Crippen LogP contribution in [-0.4, -0.2) is 17.4 Å². The topological polar surface area (TPSA) is 54.0 Å². The molecule has 3 rings (SSSR count). The minimum absolute atomic E-state index is 0.0290. The van der Waals surface area contributed by atoms with Crippen molar-refractivity contribution in [3.8, 4) is 0 Å². The van der Waals surface area contributed by atoms with Crippen molar-refractivity contribution in [3.05, 3.63) is 65.9 Å². The van der Waals surface area contributed by atoms with E-state index in [0.29, 0.717) is 13.0 Å². The predicted molar refractivity (Wildman–Crippen MR) is 109 cm³/mol. The van der Waals surface area contributed by atoms with Crippen LogP contribution in [0.3, 0.4) is 0 Å². The maximum atomic E-state index is 12.4. The highest BCUT2D eigenvalue weighted by molar-refractivity contribution is 5.93. The molecular weight excluding hydrogens is 322 g/mol. The fourth-order valence-corrected chi connectivity index (χ4v) is 3.16. The van der Waals surface area contributed by atoms with Crippen LogP contribution in [0.15, 0.2) is 54.7 Å². The Morgan fingerprint density at radius 3 is 2.38 bits per heavy atom. The lowest BCUT2D eigenvalue weighted by Gasteiger charge is -2.15. The van der Waals surface area contributed by atoms with Crippen LogP contribution in [0, 0.1) is 0 Å². The van der Waals surface area contributed by atoms with E-state index in [1.807, 2.05) is 30.3 Å². The first kappa shape index (κ1) is 17.9. The van der Waals surface area contributed by atoms with E-state index in [9.17, 15) is 4.79 Å². The van der Waals surface area contributed by atoms with Gasteiger partial charge in [-0.25, -0.2) is 0 Å². The number of nitrogens with zero attached hydrogens (tertiary/aromatic N) is 1. The molecule has 1 heterocycles. The van der Waals surface area contributed by atoms with E-state index in [2.05, 4.69) is 47.7 Å². The number of rotatable bonds is 7. The van der Waals surface area contributed by atoms with Gasteiger partial charge in [-0.05, 0) is 36.1 Å². The minimum Gasteiger partial charge on any atom is -0.383 e. The lowest BCUT2D eigenvalue weighted by molar-refractivity contribution is -0.115. The second-order valence-electron chi connectivity index (χ2n) is 6.26. The molecule has 3 aromatic rings. The number of para-hydroxylation sites is 2. The molecule has 0 saturated carbocycles. The van der Waals surface area contributed by atoms with E-state index < -0.39 is 0 Å². The number of aryl methyl sites for hydroxylation is 2. The number of fused-ring (bicyclic) bond motifs is 1. The van der Waals surface area contributed by atoms with E-state index in [-0.39, 0.29) is 5.91 Å². The highest BCUT2D eigenvalue weighted by Crippen LogP contribution is 2.23. The van der Waals surface area contributed by atoms with Gasteiger partial charge in [0.05, 0.1) is 11.2 Å². The summed E-state index contributed by atoms with van der Waals surface area (Å²) in [6.45, 7) is 4.79. The van der Waals surface area contributed by atoms with Gasteiger partial charge in [0.15, 0.2) is 0 Å². The van der Waals surface area contributed by atoms with E-state index in [1.165, 1.54) is 11.1 Å². The maximum absolute atomic E-state index is 12.4. The first-order valence-corrected chi connectivity index (χ1v) is 9.21. The van der Waals surface area contributed by atoms with Gasteiger partial charge in [-0.3, -0.25) is 9.78 Å². The molecule has 0 atom stereocenters. The number of pyridine rings is 1. The highest BCUT2D eigenvalue weighted by Gasteiger charge is 2.10. The van der Waals surface area contributed by atoms with Crippen LogP contribution in [0.4, 0.5) is 11.4 Å². The smallest absolute Gasteiger partial charge is 0.226 e. The molecule has 0 aliphatic rings. The highest BCUT2D eigenvalue weighted by atomic mass is 16.1. The van der Waals surface area contributed by atoms with Crippen LogP contribution in [0.5, 0.6) is 0 Å². The summed E-state index contributed by atoms with van der Waals surface area (Å²) in [5, 5.41) is 7.54. The summed E-state index contributed by atoms with van der Waals surface area (Å²) >= 11 is 0. The lowest BCUT2D eigenvalue weighted by atomic mass is 10.0. The summed E-state index contributed by atoms with van der Waals surface area (Å²) in [6, 6.07) is 16.2. The molecule has 1 amide bonds. The monoisotopic (exact) mass is 347 g/mol. The van der Waals surface area contributed by atoms with Gasteiger partial charge in [0.1, 0.15) is 0 Å². The van der Waals surface area contributed by atoms with Crippen molar-refractivity contribution in [2.75, 3.05) is 17.2 Å². The number of hydrogen-bond acceptors (Lipinski definition) is 3. The second kappa shape index (κ2) is 8.48. The van der Waals surface area contributed by atoms with Gasteiger partial charge in [-0.15, -0.1) is 0 Å². The van der Waals surface area contributed by atoms with Gasteiger partial charge in [-0.2, -0.15) is 0 Å². The van der Waals surface area contributed by atoms with E-state index in [4.69, 9.17) is 0 Å². The first-order valence-electron chi connectivity index (χ1n) is 9.21. The van der Waals surface area contributed by atoms with Gasteiger partial charge < -0.3 is 10.6 Å². The zero-order valence-corrected chi connectivity index (χ0v) is 15.4. The molecule has 0 radical (unpaired) electrons. The van der Waals surface area contributed by atoms with E-state index >= 15 is 0 Å². The fourth-order valence-electron chi connectivity index (χ4n) is 3.16. The van der Waals surface area contributed by atoms with Crippen molar-refractivity contribution in [2.45, 2.75) is 33.1 Å². The third-order valence-electron chi connectivity index (χ3n) is 4.56.